The van der Waals surface area contributed by atoms with Gasteiger partial charge in [0.2, 0.25) is 0 Å². The number of hydrogen-bond donors (Lipinski definition) is 1. The summed E-state index contributed by atoms with van der Waals surface area (Å²) in [6.45, 7) is 4.16. The fourth-order valence-electron chi connectivity index (χ4n) is 3.78. The summed E-state index contributed by atoms with van der Waals surface area (Å²) in [6.07, 6.45) is 2.90. The molecule has 130 valence electrons. The van der Waals surface area contributed by atoms with Crippen molar-refractivity contribution in [3.63, 3.8) is 0 Å². The van der Waals surface area contributed by atoms with Crippen LogP contribution in [0.3, 0.4) is 0 Å². The lowest BCUT2D eigenvalue weighted by atomic mass is 9.86. The van der Waals surface area contributed by atoms with Gasteiger partial charge in [0.05, 0.1) is 12.7 Å². The average Bonchev–Trinajstić information content (AvgIpc) is 2.68. The van der Waals surface area contributed by atoms with Gasteiger partial charge in [-0.2, -0.15) is 0 Å². The molecule has 3 heterocycles. The van der Waals surface area contributed by atoms with Crippen LogP contribution >= 0.6 is 0 Å². The zero-order chi connectivity index (χ0) is 17.1. The summed E-state index contributed by atoms with van der Waals surface area (Å²) >= 11 is 0. The van der Waals surface area contributed by atoms with E-state index in [1.54, 1.807) is 0 Å². The van der Waals surface area contributed by atoms with Crippen LogP contribution in [-0.4, -0.2) is 36.5 Å². The number of rotatable bonds is 5. The van der Waals surface area contributed by atoms with Gasteiger partial charge in [-0.1, -0.05) is 30.3 Å². The molecule has 2 aromatic carbocycles. The second-order valence-corrected chi connectivity index (χ2v) is 7.00. The number of anilines is 1. The summed E-state index contributed by atoms with van der Waals surface area (Å²) in [5, 5.41) is 2.90. The van der Waals surface area contributed by atoms with Crippen molar-refractivity contribution in [2.75, 3.05) is 25.0 Å². The lowest BCUT2D eigenvalue weighted by Gasteiger charge is -2.44. The van der Waals surface area contributed by atoms with Gasteiger partial charge in [0.25, 0.3) is 5.91 Å². The molecular weight excluding hydrogens is 312 g/mol. The number of nitrogens with zero attached hydrogens (tertiary/aromatic N) is 1. The minimum Gasteiger partial charge on any atom is -0.372 e. The van der Waals surface area contributed by atoms with Crippen molar-refractivity contribution >= 4 is 11.6 Å². The molecule has 1 N–H and O–H groups in total. The molecule has 0 saturated carbocycles. The Hall–Kier alpha value is -2.17. The van der Waals surface area contributed by atoms with Gasteiger partial charge in [-0.05, 0) is 61.7 Å². The van der Waals surface area contributed by atoms with Crippen LogP contribution in [0.25, 0.3) is 0 Å². The standard InChI is InChI=1S/C21H24N2O2/c24-21(22-19-4-2-1-3-5-19)18-8-6-16(7-9-18)15-25-20-14-23-12-10-17(20)11-13-23/h1-9,17,20H,10-15H2,(H,22,24). The van der Waals surface area contributed by atoms with Gasteiger partial charge in [0.15, 0.2) is 0 Å². The van der Waals surface area contributed by atoms with E-state index in [1.165, 1.54) is 25.9 Å². The Morgan fingerprint density at radius 1 is 1.04 bits per heavy atom. The third-order valence-corrected chi connectivity index (χ3v) is 5.31. The molecule has 0 radical (unpaired) electrons. The van der Waals surface area contributed by atoms with Crippen LogP contribution in [0.5, 0.6) is 0 Å². The van der Waals surface area contributed by atoms with Gasteiger partial charge in [-0.3, -0.25) is 4.79 Å². The fourth-order valence-corrected chi connectivity index (χ4v) is 3.78. The van der Waals surface area contributed by atoms with Crippen LogP contribution in [0.2, 0.25) is 0 Å². The Balaban J connectivity index is 1.32. The van der Waals surface area contributed by atoms with Crippen molar-refractivity contribution in [1.29, 1.82) is 0 Å². The summed E-state index contributed by atoms with van der Waals surface area (Å²) in [5.41, 5.74) is 2.59. The van der Waals surface area contributed by atoms with Crippen LogP contribution in [0.15, 0.2) is 54.6 Å². The SMILES string of the molecule is O=C(Nc1ccccc1)c1ccc(COC2CN3CCC2CC3)cc1. The zero-order valence-corrected chi connectivity index (χ0v) is 14.4. The molecule has 3 fully saturated rings. The van der Waals surface area contributed by atoms with Gasteiger partial charge < -0.3 is 15.0 Å². The number of piperidine rings is 3. The molecule has 1 amide bonds. The van der Waals surface area contributed by atoms with Crippen molar-refractivity contribution in [1.82, 2.24) is 4.90 Å². The molecule has 25 heavy (non-hydrogen) atoms. The maximum absolute atomic E-state index is 12.3. The van der Waals surface area contributed by atoms with Gasteiger partial charge >= 0.3 is 0 Å². The summed E-state index contributed by atoms with van der Waals surface area (Å²) in [4.78, 5) is 14.8. The van der Waals surface area contributed by atoms with E-state index in [2.05, 4.69) is 10.2 Å². The van der Waals surface area contributed by atoms with E-state index in [1.807, 2.05) is 54.6 Å². The Labute approximate surface area is 148 Å². The van der Waals surface area contributed by atoms with Crippen molar-refractivity contribution in [3.8, 4) is 0 Å². The van der Waals surface area contributed by atoms with Crippen molar-refractivity contribution in [2.24, 2.45) is 5.92 Å². The van der Waals surface area contributed by atoms with Gasteiger partial charge in [0, 0.05) is 17.8 Å². The van der Waals surface area contributed by atoms with Gasteiger partial charge in [-0.25, -0.2) is 0 Å². The Kier molecular flexibility index (Phi) is 4.81. The summed E-state index contributed by atoms with van der Waals surface area (Å²) in [5.74, 6) is 0.636. The number of carbonyl (C=O) groups is 1. The van der Waals surface area contributed by atoms with Gasteiger partial charge in [-0.15, -0.1) is 0 Å². The molecule has 1 unspecified atom stereocenters. The molecule has 2 aromatic rings. The normalized spacial score (nSPS) is 24.9. The average molecular weight is 336 g/mol. The van der Waals surface area contributed by atoms with E-state index >= 15 is 0 Å². The maximum Gasteiger partial charge on any atom is 0.255 e. The first-order valence-corrected chi connectivity index (χ1v) is 9.07. The smallest absolute Gasteiger partial charge is 0.255 e. The molecule has 4 nitrogen and oxygen atoms in total. The largest absolute Gasteiger partial charge is 0.372 e. The third kappa shape index (κ3) is 3.91. The first-order valence-electron chi connectivity index (χ1n) is 9.07. The molecule has 0 aliphatic carbocycles. The molecule has 4 heteroatoms. The molecule has 2 bridgehead atoms. The van der Waals surface area contributed by atoms with E-state index < -0.39 is 0 Å². The van der Waals surface area contributed by atoms with Crippen LogP contribution in [0.1, 0.15) is 28.8 Å². The Morgan fingerprint density at radius 2 is 1.76 bits per heavy atom. The highest BCUT2D eigenvalue weighted by molar-refractivity contribution is 6.04. The molecular formula is C21H24N2O2. The van der Waals surface area contributed by atoms with E-state index in [4.69, 9.17) is 4.74 Å². The summed E-state index contributed by atoms with van der Waals surface area (Å²) in [7, 11) is 0. The zero-order valence-electron chi connectivity index (χ0n) is 14.4. The number of nitrogens with one attached hydrogen (secondary N) is 1. The molecule has 0 aromatic heterocycles. The fraction of sp³-hybridized carbons (Fsp3) is 0.381. The highest BCUT2D eigenvalue weighted by atomic mass is 16.5. The molecule has 0 spiro atoms. The minimum atomic E-state index is -0.0870. The van der Waals surface area contributed by atoms with E-state index in [0.717, 1.165) is 23.7 Å². The van der Waals surface area contributed by atoms with Crippen LogP contribution in [0, 0.1) is 5.92 Å². The first-order chi connectivity index (χ1) is 12.3. The van der Waals surface area contributed by atoms with Crippen molar-refractivity contribution in [2.45, 2.75) is 25.6 Å². The number of amides is 1. The van der Waals surface area contributed by atoms with E-state index in [-0.39, 0.29) is 5.91 Å². The van der Waals surface area contributed by atoms with Crippen LogP contribution in [0.4, 0.5) is 5.69 Å². The number of hydrogen-bond acceptors (Lipinski definition) is 3. The van der Waals surface area contributed by atoms with E-state index in [9.17, 15) is 4.79 Å². The predicted molar refractivity (Wildman–Crippen MR) is 98.6 cm³/mol. The number of fused-ring (bicyclic) bond motifs is 3. The maximum atomic E-state index is 12.3. The molecule has 1 atom stereocenters. The van der Waals surface area contributed by atoms with Crippen LogP contribution in [-0.2, 0) is 11.3 Å². The molecule has 3 saturated heterocycles. The van der Waals surface area contributed by atoms with Crippen LogP contribution < -0.4 is 5.32 Å². The Morgan fingerprint density at radius 3 is 2.40 bits per heavy atom. The number of benzene rings is 2. The van der Waals surface area contributed by atoms with Crippen molar-refractivity contribution < 1.29 is 9.53 Å². The summed E-state index contributed by atoms with van der Waals surface area (Å²) < 4.78 is 6.16. The molecule has 3 aliphatic rings. The highest BCUT2D eigenvalue weighted by Gasteiger charge is 2.34. The topological polar surface area (TPSA) is 41.6 Å². The van der Waals surface area contributed by atoms with E-state index in [0.29, 0.717) is 18.3 Å². The van der Waals surface area contributed by atoms with Crippen molar-refractivity contribution in [3.05, 3.63) is 65.7 Å². The minimum absolute atomic E-state index is 0.0870. The second kappa shape index (κ2) is 7.38. The molecule has 3 aliphatic heterocycles. The number of carbonyl (C=O) groups excluding carboxylic acids is 1. The lowest BCUT2D eigenvalue weighted by Crippen LogP contribution is -2.51. The first kappa shape index (κ1) is 16.3. The number of para-hydroxylation sites is 1. The summed E-state index contributed by atoms with van der Waals surface area (Å²) in [6, 6.07) is 17.2. The second-order valence-electron chi connectivity index (χ2n) is 7.00. The third-order valence-electron chi connectivity index (χ3n) is 5.31. The Bertz CT molecular complexity index is 706. The highest BCUT2D eigenvalue weighted by Crippen LogP contribution is 2.30. The lowest BCUT2D eigenvalue weighted by molar-refractivity contribution is -0.0765. The number of ether oxygens (including phenoxy) is 1. The predicted octanol–water partition coefficient (Wildman–Crippen LogP) is 3.55. The molecule has 5 rings (SSSR count). The quantitative estimate of drug-likeness (QED) is 0.908. The monoisotopic (exact) mass is 336 g/mol. The van der Waals surface area contributed by atoms with Gasteiger partial charge in [0.1, 0.15) is 0 Å².